The second kappa shape index (κ2) is 5.74. The molecule has 0 aromatic heterocycles. The van der Waals surface area contributed by atoms with Crippen LogP contribution in [-0.4, -0.2) is 54.8 Å². The number of Topliss-reactive ketones (excluding diaryl/α,β-unsaturated/α-hetero) is 1. The Hall–Kier alpha value is -1.60. The number of rotatable bonds is 2. The molecule has 2 fully saturated rings. The molecule has 1 saturated heterocycles. The number of aliphatic hydroxyl groups is 1. The smallest absolute Gasteiger partial charge is 0.417 e. The molecule has 4 nitrogen and oxygen atoms in total. The first-order valence-electron chi connectivity index (χ1n) is 7.82. The van der Waals surface area contributed by atoms with Gasteiger partial charge in [-0.3, -0.25) is 4.79 Å². The fourth-order valence-corrected chi connectivity index (χ4v) is 4.03. The van der Waals surface area contributed by atoms with Crippen molar-refractivity contribution in [2.45, 2.75) is 24.1 Å². The number of hydrogen-bond donors (Lipinski definition) is 1. The quantitative estimate of drug-likeness (QED) is 0.895. The first kappa shape index (κ1) is 17.2. The van der Waals surface area contributed by atoms with E-state index in [9.17, 15) is 23.1 Å². The summed E-state index contributed by atoms with van der Waals surface area (Å²) in [6.45, 7) is 0.321. The molecule has 132 valence electrons. The number of halogens is 3. The van der Waals surface area contributed by atoms with Gasteiger partial charge in [-0.15, -0.1) is 0 Å². The maximum absolute atomic E-state index is 13.6. The minimum absolute atomic E-state index is 0.0732. The maximum Gasteiger partial charge on any atom is 0.417 e. The van der Waals surface area contributed by atoms with E-state index in [2.05, 4.69) is 0 Å². The lowest BCUT2D eigenvalue weighted by Gasteiger charge is -2.51. The van der Waals surface area contributed by atoms with Crippen molar-refractivity contribution in [3.05, 3.63) is 29.8 Å². The summed E-state index contributed by atoms with van der Waals surface area (Å²) in [5.41, 5.74) is -2.41. The van der Waals surface area contributed by atoms with Crippen LogP contribution in [0.1, 0.15) is 17.9 Å². The Balaban J connectivity index is 2.07. The van der Waals surface area contributed by atoms with Crippen LogP contribution in [0.4, 0.5) is 13.2 Å². The van der Waals surface area contributed by atoms with Crippen LogP contribution in [0.15, 0.2) is 24.3 Å². The van der Waals surface area contributed by atoms with E-state index in [1.54, 1.807) is 36.2 Å². The molecule has 24 heavy (non-hydrogen) atoms. The molecule has 1 aromatic carbocycles. The number of carbonyl (C=O) groups is 1. The van der Waals surface area contributed by atoms with Crippen molar-refractivity contribution in [1.29, 1.82) is 0 Å². The summed E-state index contributed by atoms with van der Waals surface area (Å²) in [6.07, 6.45) is -5.35. The number of ketones is 1. The lowest BCUT2D eigenvalue weighted by molar-refractivity contribution is -0.291. The van der Waals surface area contributed by atoms with Gasteiger partial charge in [-0.25, -0.2) is 0 Å². The van der Waals surface area contributed by atoms with Crippen molar-refractivity contribution in [2.24, 2.45) is 11.8 Å². The normalized spacial score (nSPS) is 34.2. The minimum atomic E-state index is -4.85. The number of benzene rings is 1. The van der Waals surface area contributed by atoms with E-state index in [1.165, 1.54) is 7.11 Å². The molecular formula is C17H20F3NO3. The van der Waals surface area contributed by atoms with Gasteiger partial charge in [0, 0.05) is 19.0 Å². The van der Waals surface area contributed by atoms with Gasteiger partial charge in [0.1, 0.15) is 11.5 Å². The van der Waals surface area contributed by atoms with Gasteiger partial charge >= 0.3 is 6.18 Å². The number of methoxy groups -OCH3 is 1. The molecule has 7 heteroatoms. The highest BCUT2D eigenvalue weighted by molar-refractivity contribution is 5.88. The third kappa shape index (κ3) is 2.59. The molecule has 1 aromatic rings. The van der Waals surface area contributed by atoms with Gasteiger partial charge < -0.3 is 14.7 Å². The van der Waals surface area contributed by atoms with Crippen LogP contribution in [0.3, 0.4) is 0 Å². The lowest BCUT2D eigenvalue weighted by atomic mass is 9.60. The summed E-state index contributed by atoms with van der Waals surface area (Å²) in [5, 5.41) is 10.5. The summed E-state index contributed by atoms with van der Waals surface area (Å²) in [6, 6.07) is 6.71. The Kier molecular flexibility index (Phi) is 4.12. The molecule has 1 heterocycles. The predicted molar refractivity (Wildman–Crippen MR) is 80.8 cm³/mol. The maximum atomic E-state index is 13.6. The second-order valence-corrected chi connectivity index (χ2v) is 6.79. The Morgan fingerprint density at radius 2 is 2.00 bits per heavy atom. The topological polar surface area (TPSA) is 49.8 Å². The zero-order valence-corrected chi connectivity index (χ0v) is 13.5. The van der Waals surface area contributed by atoms with Crippen LogP contribution in [0, 0.1) is 11.8 Å². The highest BCUT2D eigenvalue weighted by atomic mass is 19.4. The largest absolute Gasteiger partial charge is 0.497 e. The molecule has 3 rings (SSSR count). The molecule has 2 bridgehead atoms. The molecule has 0 spiro atoms. The average Bonchev–Trinajstić information content (AvgIpc) is 2.52. The summed E-state index contributed by atoms with van der Waals surface area (Å²) < 4.78 is 45.9. The second-order valence-electron chi connectivity index (χ2n) is 6.79. The van der Waals surface area contributed by atoms with Gasteiger partial charge in [0.25, 0.3) is 0 Å². The Labute approximate surface area is 138 Å². The van der Waals surface area contributed by atoms with Crippen LogP contribution in [0.2, 0.25) is 0 Å². The Morgan fingerprint density at radius 1 is 1.29 bits per heavy atom. The number of alkyl halides is 3. The fourth-order valence-electron chi connectivity index (χ4n) is 4.03. The van der Waals surface area contributed by atoms with Gasteiger partial charge in [0.15, 0.2) is 5.60 Å². The van der Waals surface area contributed by atoms with Gasteiger partial charge in [-0.1, -0.05) is 12.1 Å². The first-order chi connectivity index (χ1) is 11.2. The number of piperidine rings is 1. The molecule has 1 N–H and O–H groups in total. The van der Waals surface area contributed by atoms with Crippen molar-refractivity contribution in [3.63, 3.8) is 0 Å². The van der Waals surface area contributed by atoms with Crippen LogP contribution >= 0.6 is 0 Å². The van der Waals surface area contributed by atoms with Crippen LogP contribution in [0.5, 0.6) is 5.75 Å². The summed E-state index contributed by atoms with van der Waals surface area (Å²) in [5.74, 6) is -2.65. The van der Waals surface area contributed by atoms with E-state index in [1.807, 2.05) is 0 Å². The number of fused-ring (bicyclic) bond motifs is 2. The molecule has 0 radical (unpaired) electrons. The van der Waals surface area contributed by atoms with Gasteiger partial charge in [-0.2, -0.15) is 13.2 Å². The SMILES string of the molecule is COc1cccc([C@@H]2C[C@@](O)(C(F)(F)F)[C@H]3CN(C)C[C@@H]2C3=O)c1. The van der Waals surface area contributed by atoms with E-state index in [0.717, 1.165) is 0 Å². The predicted octanol–water partition coefficient (Wildman–Crippen LogP) is 2.22. The third-order valence-corrected chi connectivity index (χ3v) is 5.32. The van der Waals surface area contributed by atoms with Crippen molar-refractivity contribution < 1.29 is 27.8 Å². The molecule has 0 unspecified atom stereocenters. The third-order valence-electron chi connectivity index (χ3n) is 5.32. The average molecular weight is 343 g/mol. The molecular weight excluding hydrogens is 323 g/mol. The zero-order chi connectivity index (χ0) is 17.7. The fraction of sp³-hybridized carbons (Fsp3) is 0.588. The van der Waals surface area contributed by atoms with E-state index in [4.69, 9.17) is 4.74 Å². The van der Waals surface area contributed by atoms with E-state index in [0.29, 0.717) is 17.9 Å². The minimum Gasteiger partial charge on any atom is -0.497 e. The molecule has 2 aliphatic rings. The summed E-state index contributed by atoms with van der Waals surface area (Å²) in [4.78, 5) is 14.3. The van der Waals surface area contributed by atoms with Crippen molar-refractivity contribution >= 4 is 5.78 Å². The highest BCUT2D eigenvalue weighted by Crippen LogP contribution is 2.52. The molecule has 4 atom stereocenters. The lowest BCUT2D eigenvalue weighted by Crippen LogP contribution is -2.66. The molecule has 1 saturated carbocycles. The van der Waals surface area contributed by atoms with E-state index in [-0.39, 0.29) is 6.54 Å². The number of carbonyl (C=O) groups excluding carboxylic acids is 1. The van der Waals surface area contributed by atoms with Gasteiger partial charge in [-0.05, 0) is 37.1 Å². The number of ether oxygens (including phenoxy) is 1. The van der Waals surface area contributed by atoms with Crippen LogP contribution in [0.25, 0.3) is 0 Å². The monoisotopic (exact) mass is 343 g/mol. The summed E-state index contributed by atoms with van der Waals surface area (Å²) in [7, 11) is 3.15. The first-order valence-corrected chi connectivity index (χ1v) is 7.82. The van der Waals surface area contributed by atoms with Crippen molar-refractivity contribution in [1.82, 2.24) is 4.90 Å². The van der Waals surface area contributed by atoms with Gasteiger partial charge in [0.2, 0.25) is 0 Å². The highest BCUT2D eigenvalue weighted by Gasteiger charge is 2.66. The van der Waals surface area contributed by atoms with Crippen molar-refractivity contribution in [2.75, 3.05) is 27.2 Å². The Morgan fingerprint density at radius 3 is 2.62 bits per heavy atom. The zero-order valence-electron chi connectivity index (χ0n) is 13.5. The standard InChI is InChI=1S/C17H20F3NO3/c1-21-8-13-12(10-4-3-5-11(6-10)24-2)7-16(23,17(18,19)20)14(9-21)15(13)22/h3-6,12-14,23H,7-9H2,1-2H3/t12-,13-,14-,16-/m0/s1. The Bertz CT molecular complexity index is 648. The van der Waals surface area contributed by atoms with E-state index < -0.39 is 41.7 Å². The van der Waals surface area contributed by atoms with Crippen LogP contribution in [-0.2, 0) is 4.79 Å². The number of hydrogen-bond acceptors (Lipinski definition) is 4. The van der Waals surface area contributed by atoms with Crippen molar-refractivity contribution in [3.8, 4) is 5.75 Å². The van der Waals surface area contributed by atoms with Crippen LogP contribution < -0.4 is 4.74 Å². The molecule has 1 aliphatic carbocycles. The number of nitrogens with zero attached hydrogens (tertiary/aromatic N) is 1. The number of likely N-dealkylation sites (tertiary alicyclic amines) is 1. The molecule has 0 amide bonds. The molecule has 1 aliphatic heterocycles. The van der Waals surface area contributed by atoms with Gasteiger partial charge in [0.05, 0.1) is 13.0 Å². The van der Waals surface area contributed by atoms with E-state index >= 15 is 0 Å². The summed E-state index contributed by atoms with van der Waals surface area (Å²) >= 11 is 0.